The molecule has 4 rings (SSSR count). The molecule has 2 N–H and O–H groups in total. The van der Waals surface area contributed by atoms with Crippen molar-refractivity contribution in [2.24, 2.45) is 11.7 Å². The Morgan fingerprint density at radius 3 is 2.96 bits per heavy atom. The zero-order valence-corrected chi connectivity index (χ0v) is 16.2. The van der Waals surface area contributed by atoms with Crippen LogP contribution in [0, 0.1) is 12.8 Å². The Hall–Kier alpha value is -1.89. The van der Waals surface area contributed by atoms with Crippen LogP contribution in [0.3, 0.4) is 0 Å². The van der Waals surface area contributed by atoms with E-state index in [1.165, 1.54) is 11.3 Å². The Kier molecular flexibility index (Phi) is 4.73. The number of aryl methyl sites for hydroxylation is 1. The Morgan fingerprint density at radius 1 is 1.42 bits per heavy atom. The second-order valence-corrected chi connectivity index (χ2v) is 8.24. The maximum atomic E-state index is 12.9. The highest BCUT2D eigenvalue weighted by Gasteiger charge is 2.27. The van der Waals surface area contributed by atoms with Crippen LogP contribution in [0.1, 0.15) is 27.3 Å². The van der Waals surface area contributed by atoms with Crippen molar-refractivity contribution in [3.8, 4) is 0 Å². The van der Waals surface area contributed by atoms with E-state index in [4.69, 9.17) is 17.3 Å². The number of benzene rings is 1. The zero-order chi connectivity index (χ0) is 18.3. The molecule has 3 aromatic rings. The number of rotatable bonds is 4. The second kappa shape index (κ2) is 7.02. The largest absolute Gasteiger partial charge is 0.338 e. The molecule has 136 valence electrons. The highest BCUT2D eigenvalue weighted by atomic mass is 35.5. The summed E-state index contributed by atoms with van der Waals surface area (Å²) in [5.41, 5.74) is 7.70. The van der Waals surface area contributed by atoms with Crippen molar-refractivity contribution in [1.29, 1.82) is 0 Å². The molecule has 0 radical (unpaired) electrons. The number of thiophene rings is 1. The number of hydrogen-bond acceptors (Lipinski definition) is 4. The molecule has 1 aliphatic rings. The number of likely N-dealkylation sites (tertiary alicyclic amines) is 1. The number of hydrogen-bond donors (Lipinski definition) is 1. The summed E-state index contributed by atoms with van der Waals surface area (Å²) < 4.78 is 1.94. The van der Waals surface area contributed by atoms with Crippen LogP contribution in [-0.2, 0) is 6.54 Å². The van der Waals surface area contributed by atoms with Gasteiger partial charge in [0.2, 0.25) is 0 Å². The number of aromatic nitrogens is 2. The standard InChI is InChI=1S/C19H21ClN4OS/c1-12-15-8-17(18(25)23-7-6-13(9-21)10-23)26-19(15)24(22-12)11-14-4-2-3-5-16(14)20/h2-5,8,13H,6-7,9-11,21H2,1H3. The Morgan fingerprint density at radius 2 is 2.23 bits per heavy atom. The van der Waals surface area contributed by atoms with Crippen LogP contribution in [0.25, 0.3) is 10.2 Å². The first kappa shape index (κ1) is 17.5. The normalized spacial score (nSPS) is 17.3. The summed E-state index contributed by atoms with van der Waals surface area (Å²) in [6.45, 7) is 4.76. The number of carbonyl (C=O) groups excluding carboxylic acids is 1. The second-order valence-electron chi connectivity index (χ2n) is 6.81. The van der Waals surface area contributed by atoms with Gasteiger partial charge in [0, 0.05) is 23.5 Å². The Bertz CT molecular complexity index is 964. The molecular formula is C19H21ClN4OS. The van der Waals surface area contributed by atoms with Crippen LogP contribution < -0.4 is 5.73 Å². The zero-order valence-electron chi connectivity index (χ0n) is 14.6. The minimum atomic E-state index is 0.103. The maximum absolute atomic E-state index is 12.9. The molecule has 1 saturated heterocycles. The molecule has 7 heteroatoms. The van der Waals surface area contributed by atoms with Gasteiger partial charge in [-0.25, -0.2) is 0 Å². The molecule has 3 heterocycles. The summed E-state index contributed by atoms with van der Waals surface area (Å²) in [6, 6.07) is 9.75. The lowest BCUT2D eigenvalue weighted by atomic mass is 10.1. The molecule has 1 atom stereocenters. The van der Waals surface area contributed by atoms with Gasteiger partial charge in [0.1, 0.15) is 4.83 Å². The molecule has 1 unspecified atom stereocenters. The third-order valence-corrected chi connectivity index (χ3v) is 6.51. The number of nitrogens with zero attached hydrogens (tertiary/aromatic N) is 3. The number of amides is 1. The van der Waals surface area contributed by atoms with E-state index in [1.807, 2.05) is 46.8 Å². The predicted octanol–water partition coefficient (Wildman–Crippen LogP) is 3.53. The van der Waals surface area contributed by atoms with E-state index in [0.717, 1.165) is 50.9 Å². The third-order valence-electron chi connectivity index (χ3n) is 5.00. The number of carbonyl (C=O) groups is 1. The van der Waals surface area contributed by atoms with E-state index in [-0.39, 0.29) is 5.91 Å². The lowest BCUT2D eigenvalue weighted by Gasteiger charge is -2.14. The van der Waals surface area contributed by atoms with Crippen molar-refractivity contribution < 1.29 is 4.79 Å². The fourth-order valence-electron chi connectivity index (χ4n) is 3.48. The summed E-state index contributed by atoms with van der Waals surface area (Å²) in [6.07, 6.45) is 0.993. The first-order valence-corrected chi connectivity index (χ1v) is 9.96. The number of halogens is 1. The molecule has 1 amide bonds. The molecule has 1 fully saturated rings. The van der Waals surface area contributed by atoms with E-state index in [1.54, 1.807) is 0 Å². The van der Waals surface area contributed by atoms with Crippen LogP contribution >= 0.6 is 22.9 Å². The highest BCUT2D eigenvalue weighted by molar-refractivity contribution is 7.20. The van der Waals surface area contributed by atoms with E-state index in [2.05, 4.69) is 5.10 Å². The molecule has 2 aromatic heterocycles. The molecular weight excluding hydrogens is 368 g/mol. The molecule has 5 nitrogen and oxygen atoms in total. The fourth-order valence-corrected chi connectivity index (χ4v) is 4.80. The smallest absolute Gasteiger partial charge is 0.264 e. The van der Waals surface area contributed by atoms with E-state index in [0.29, 0.717) is 19.0 Å². The lowest BCUT2D eigenvalue weighted by molar-refractivity contribution is 0.0792. The van der Waals surface area contributed by atoms with Gasteiger partial charge in [0.05, 0.1) is 17.1 Å². The fraction of sp³-hybridized carbons (Fsp3) is 0.368. The predicted molar refractivity (Wildman–Crippen MR) is 106 cm³/mol. The average Bonchev–Trinajstić information content (AvgIpc) is 3.34. The minimum absolute atomic E-state index is 0.103. The summed E-state index contributed by atoms with van der Waals surface area (Å²) in [5.74, 6) is 0.525. The van der Waals surface area contributed by atoms with E-state index in [9.17, 15) is 4.79 Å². The van der Waals surface area contributed by atoms with Crippen molar-refractivity contribution in [3.63, 3.8) is 0 Å². The minimum Gasteiger partial charge on any atom is -0.338 e. The number of nitrogens with two attached hydrogens (primary N) is 1. The quantitative estimate of drug-likeness (QED) is 0.743. The van der Waals surface area contributed by atoms with Gasteiger partial charge in [0.15, 0.2) is 0 Å². The monoisotopic (exact) mass is 388 g/mol. The van der Waals surface area contributed by atoms with Crippen molar-refractivity contribution >= 4 is 39.1 Å². The van der Waals surface area contributed by atoms with Crippen LogP contribution in [0.4, 0.5) is 0 Å². The molecule has 0 saturated carbocycles. The molecule has 1 aliphatic heterocycles. The van der Waals surface area contributed by atoms with Gasteiger partial charge in [-0.3, -0.25) is 9.48 Å². The summed E-state index contributed by atoms with van der Waals surface area (Å²) in [5, 5.41) is 6.41. The van der Waals surface area contributed by atoms with Gasteiger partial charge in [0.25, 0.3) is 5.91 Å². The highest BCUT2D eigenvalue weighted by Crippen LogP contribution is 2.31. The first-order chi connectivity index (χ1) is 12.6. The van der Waals surface area contributed by atoms with Crippen LogP contribution in [0.2, 0.25) is 5.02 Å². The average molecular weight is 389 g/mol. The van der Waals surface area contributed by atoms with E-state index < -0.39 is 0 Å². The van der Waals surface area contributed by atoms with Crippen molar-refractivity contribution in [2.45, 2.75) is 19.9 Å². The topological polar surface area (TPSA) is 64.2 Å². The number of fused-ring (bicyclic) bond motifs is 1. The van der Waals surface area contributed by atoms with Gasteiger partial charge >= 0.3 is 0 Å². The van der Waals surface area contributed by atoms with Gasteiger partial charge in [-0.1, -0.05) is 29.8 Å². The van der Waals surface area contributed by atoms with Crippen molar-refractivity contribution in [1.82, 2.24) is 14.7 Å². The summed E-state index contributed by atoms with van der Waals surface area (Å²) in [4.78, 5) is 16.6. The Balaban J connectivity index is 1.63. The van der Waals surface area contributed by atoms with Crippen LogP contribution in [0.5, 0.6) is 0 Å². The maximum Gasteiger partial charge on any atom is 0.264 e. The molecule has 0 bridgehead atoms. The van der Waals surface area contributed by atoms with Crippen molar-refractivity contribution in [3.05, 3.63) is 51.5 Å². The van der Waals surface area contributed by atoms with Crippen LogP contribution in [0.15, 0.2) is 30.3 Å². The van der Waals surface area contributed by atoms with Crippen LogP contribution in [-0.4, -0.2) is 40.2 Å². The molecule has 26 heavy (non-hydrogen) atoms. The SMILES string of the molecule is Cc1nn(Cc2ccccc2Cl)c2sc(C(=O)N3CCC(CN)C3)cc12. The van der Waals surface area contributed by atoms with E-state index >= 15 is 0 Å². The lowest BCUT2D eigenvalue weighted by Crippen LogP contribution is -2.29. The molecule has 0 aliphatic carbocycles. The molecule has 1 aromatic carbocycles. The summed E-state index contributed by atoms with van der Waals surface area (Å²) >= 11 is 7.80. The first-order valence-electron chi connectivity index (χ1n) is 8.76. The van der Waals surface area contributed by atoms with Gasteiger partial charge in [-0.05, 0) is 43.5 Å². The van der Waals surface area contributed by atoms with Gasteiger partial charge in [-0.15, -0.1) is 11.3 Å². The third kappa shape index (κ3) is 3.13. The molecule has 0 spiro atoms. The summed E-state index contributed by atoms with van der Waals surface area (Å²) in [7, 11) is 0. The Labute approximate surface area is 161 Å². The van der Waals surface area contributed by atoms with Gasteiger partial charge < -0.3 is 10.6 Å². The van der Waals surface area contributed by atoms with Gasteiger partial charge in [-0.2, -0.15) is 5.10 Å². The van der Waals surface area contributed by atoms with Crippen molar-refractivity contribution in [2.75, 3.05) is 19.6 Å².